The third kappa shape index (κ3) is 13.1. The van der Waals surface area contributed by atoms with Crippen LogP contribution >= 0.6 is 21.6 Å². The summed E-state index contributed by atoms with van der Waals surface area (Å²) in [6, 6.07) is 2.67. The molecule has 0 rings (SSSR count). The standard InChI is InChI=1S/C8H22O2S2Si2/c1-9-13-7-3-5-11-12-6-4-8-14-10-2/h3-8,13-14H2,1-2H3. The minimum atomic E-state index is -0.163. The van der Waals surface area contributed by atoms with Crippen LogP contribution in [-0.2, 0) is 8.85 Å². The van der Waals surface area contributed by atoms with Crippen molar-refractivity contribution in [1.82, 2.24) is 0 Å². The lowest BCUT2D eigenvalue weighted by Gasteiger charge is -2.00. The van der Waals surface area contributed by atoms with Crippen LogP contribution in [0, 0.1) is 0 Å². The maximum atomic E-state index is 5.13. The molecular weight excluding hydrogens is 248 g/mol. The fraction of sp³-hybridized carbons (Fsp3) is 1.00. The van der Waals surface area contributed by atoms with Crippen LogP contribution in [0.2, 0.25) is 12.1 Å². The molecule has 0 radical (unpaired) electrons. The van der Waals surface area contributed by atoms with Crippen LogP contribution in [0.15, 0.2) is 0 Å². The average molecular weight is 271 g/mol. The molecule has 0 saturated heterocycles. The van der Waals surface area contributed by atoms with Gasteiger partial charge in [0, 0.05) is 25.7 Å². The van der Waals surface area contributed by atoms with Crippen molar-refractivity contribution in [3.8, 4) is 0 Å². The van der Waals surface area contributed by atoms with Gasteiger partial charge in [0.15, 0.2) is 19.5 Å². The summed E-state index contributed by atoms with van der Waals surface area (Å²) in [4.78, 5) is 0. The topological polar surface area (TPSA) is 18.5 Å². The molecule has 0 atom stereocenters. The summed E-state index contributed by atoms with van der Waals surface area (Å²) in [6.07, 6.45) is 2.68. The Morgan fingerprint density at radius 2 is 1.29 bits per heavy atom. The second kappa shape index (κ2) is 14.1. The molecule has 0 amide bonds. The summed E-state index contributed by atoms with van der Waals surface area (Å²) in [5.41, 5.74) is 0. The molecule has 0 N–H and O–H groups in total. The van der Waals surface area contributed by atoms with Gasteiger partial charge in [-0.25, -0.2) is 0 Å². The average Bonchev–Trinajstić information content (AvgIpc) is 2.21. The maximum Gasteiger partial charge on any atom is 0.161 e. The van der Waals surface area contributed by atoms with E-state index in [9.17, 15) is 0 Å². The zero-order valence-corrected chi connectivity index (χ0v) is 13.8. The molecule has 0 aromatic heterocycles. The largest absolute Gasteiger partial charge is 0.427 e. The van der Waals surface area contributed by atoms with Crippen molar-refractivity contribution in [2.45, 2.75) is 24.9 Å². The van der Waals surface area contributed by atoms with Crippen molar-refractivity contribution in [2.24, 2.45) is 0 Å². The molecule has 0 unspecified atom stereocenters. The van der Waals surface area contributed by atoms with Gasteiger partial charge in [0.25, 0.3) is 0 Å². The Kier molecular flexibility index (Phi) is 15.1. The summed E-state index contributed by atoms with van der Waals surface area (Å²) < 4.78 is 10.3. The molecule has 0 spiro atoms. The van der Waals surface area contributed by atoms with Crippen molar-refractivity contribution in [1.29, 1.82) is 0 Å². The highest BCUT2D eigenvalue weighted by Crippen LogP contribution is 2.23. The van der Waals surface area contributed by atoms with Gasteiger partial charge in [0.1, 0.15) is 0 Å². The van der Waals surface area contributed by atoms with E-state index >= 15 is 0 Å². The Labute approximate surface area is 101 Å². The van der Waals surface area contributed by atoms with E-state index < -0.39 is 0 Å². The highest BCUT2D eigenvalue weighted by Gasteiger charge is 1.93. The van der Waals surface area contributed by atoms with Crippen LogP contribution in [0.4, 0.5) is 0 Å². The van der Waals surface area contributed by atoms with Crippen LogP contribution in [0.5, 0.6) is 0 Å². The van der Waals surface area contributed by atoms with E-state index in [0.29, 0.717) is 0 Å². The summed E-state index contributed by atoms with van der Waals surface area (Å²) in [5, 5.41) is 0. The lowest BCUT2D eigenvalue weighted by atomic mass is 10.6. The minimum Gasteiger partial charge on any atom is -0.427 e. The first-order valence-electron chi connectivity index (χ1n) is 5.14. The summed E-state index contributed by atoms with van der Waals surface area (Å²) >= 11 is 0. The molecule has 0 bridgehead atoms. The Balaban J connectivity index is 2.78. The van der Waals surface area contributed by atoms with Crippen LogP contribution < -0.4 is 0 Å². The molecule has 2 nitrogen and oxygen atoms in total. The Bertz CT molecular complexity index is 97.3. The molecule has 0 aliphatic heterocycles. The van der Waals surface area contributed by atoms with E-state index in [2.05, 4.69) is 0 Å². The first kappa shape index (κ1) is 15.1. The molecular formula is C8H22O2S2Si2. The molecule has 0 heterocycles. The van der Waals surface area contributed by atoms with E-state index in [4.69, 9.17) is 8.85 Å². The lowest BCUT2D eigenvalue weighted by molar-refractivity contribution is 0.440. The van der Waals surface area contributed by atoms with Crippen LogP contribution in [0.1, 0.15) is 12.8 Å². The van der Waals surface area contributed by atoms with E-state index in [1.54, 1.807) is 0 Å². The molecule has 0 saturated carbocycles. The lowest BCUT2D eigenvalue weighted by Crippen LogP contribution is -1.93. The monoisotopic (exact) mass is 270 g/mol. The fourth-order valence-corrected chi connectivity index (χ4v) is 5.44. The minimum absolute atomic E-state index is 0.163. The van der Waals surface area contributed by atoms with Gasteiger partial charge < -0.3 is 8.85 Å². The van der Waals surface area contributed by atoms with Gasteiger partial charge in [0.05, 0.1) is 0 Å². The van der Waals surface area contributed by atoms with Gasteiger partial charge in [-0.1, -0.05) is 21.6 Å². The number of hydrogen-bond donors (Lipinski definition) is 0. The number of rotatable bonds is 11. The number of hydrogen-bond acceptors (Lipinski definition) is 4. The summed E-state index contributed by atoms with van der Waals surface area (Å²) in [7, 11) is 7.37. The van der Waals surface area contributed by atoms with Gasteiger partial charge in [-0.05, 0) is 24.9 Å². The second-order valence-corrected chi connectivity index (χ2v) is 9.13. The predicted molar refractivity (Wildman–Crippen MR) is 74.9 cm³/mol. The molecule has 6 heteroatoms. The van der Waals surface area contributed by atoms with Crippen LogP contribution in [0.25, 0.3) is 0 Å². The highest BCUT2D eigenvalue weighted by molar-refractivity contribution is 8.76. The molecule has 14 heavy (non-hydrogen) atoms. The van der Waals surface area contributed by atoms with Gasteiger partial charge in [-0.15, -0.1) is 0 Å². The van der Waals surface area contributed by atoms with E-state index in [-0.39, 0.29) is 19.5 Å². The van der Waals surface area contributed by atoms with Gasteiger partial charge in [-0.3, -0.25) is 0 Å². The zero-order chi connectivity index (χ0) is 10.5. The second-order valence-electron chi connectivity index (χ2n) is 3.04. The Morgan fingerprint density at radius 3 is 1.64 bits per heavy atom. The summed E-state index contributed by atoms with van der Waals surface area (Å²) in [5.74, 6) is 2.59. The SMILES string of the molecule is CO[SiH2]CCCSSCCC[SiH2]OC. The van der Waals surface area contributed by atoms with Gasteiger partial charge >= 0.3 is 0 Å². The molecule has 0 aliphatic rings. The van der Waals surface area contributed by atoms with E-state index in [0.717, 1.165) is 0 Å². The van der Waals surface area contributed by atoms with E-state index in [1.165, 1.54) is 36.4 Å². The Morgan fingerprint density at radius 1 is 0.857 bits per heavy atom. The molecule has 0 fully saturated rings. The first-order valence-corrected chi connectivity index (χ1v) is 10.8. The van der Waals surface area contributed by atoms with Crippen molar-refractivity contribution >= 4 is 41.1 Å². The predicted octanol–water partition coefficient (Wildman–Crippen LogP) is 1.44. The van der Waals surface area contributed by atoms with Crippen molar-refractivity contribution in [3.63, 3.8) is 0 Å². The molecule has 0 aromatic rings. The smallest absolute Gasteiger partial charge is 0.161 e. The van der Waals surface area contributed by atoms with Crippen LogP contribution in [-0.4, -0.2) is 45.3 Å². The maximum absolute atomic E-state index is 5.13. The molecule has 0 aliphatic carbocycles. The highest BCUT2D eigenvalue weighted by atomic mass is 33.1. The molecule has 0 aromatic carbocycles. The third-order valence-corrected chi connectivity index (χ3v) is 6.71. The fourth-order valence-electron chi connectivity index (χ4n) is 0.933. The van der Waals surface area contributed by atoms with Gasteiger partial charge in [0.2, 0.25) is 0 Å². The molecule has 86 valence electrons. The van der Waals surface area contributed by atoms with E-state index in [1.807, 2.05) is 35.8 Å². The summed E-state index contributed by atoms with van der Waals surface area (Å²) in [6.45, 7) is 0. The van der Waals surface area contributed by atoms with Crippen LogP contribution in [0.3, 0.4) is 0 Å². The Hall–Kier alpha value is 1.05. The van der Waals surface area contributed by atoms with Crippen molar-refractivity contribution in [3.05, 3.63) is 0 Å². The third-order valence-electron chi connectivity index (χ3n) is 1.74. The van der Waals surface area contributed by atoms with Crippen molar-refractivity contribution < 1.29 is 8.85 Å². The quantitative estimate of drug-likeness (QED) is 0.321. The van der Waals surface area contributed by atoms with Crippen molar-refractivity contribution in [2.75, 3.05) is 25.7 Å². The van der Waals surface area contributed by atoms with Gasteiger partial charge in [-0.2, -0.15) is 0 Å². The zero-order valence-electron chi connectivity index (χ0n) is 9.29. The normalized spacial score (nSPS) is 12.4. The first-order chi connectivity index (χ1) is 6.91.